The predicted octanol–water partition coefficient (Wildman–Crippen LogP) is 5.95. The Labute approximate surface area is 161 Å². The number of nitrogens with zero attached hydrogens (tertiary/aromatic N) is 1. The zero-order valence-electron chi connectivity index (χ0n) is 16.1. The van der Waals surface area contributed by atoms with Gasteiger partial charge in [0, 0.05) is 17.8 Å². The number of carboxylic acids is 1. The summed E-state index contributed by atoms with van der Waals surface area (Å²) in [6.45, 7) is 5.17. The second-order valence-electron chi connectivity index (χ2n) is 6.95. The maximum atomic E-state index is 11.6. The van der Waals surface area contributed by atoms with Crippen molar-refractivity contribution >= 4 is 5.97 Å². The number of aromatic nitrogens is 1. The van der Waals surface area contributed by atoms with Crippen molar-refractivity contribution in [1.82, 2.24) is 4.57 Å². The van der Waals surface area contributed by atoms with Gasteiger partial charge in [0.2, 0.25) is 0 Å². The van der Waals surface area contributed by atoms with Crippen LogP contribution >= 0.6 is 0 Å². The minimum Gasteiger partial charge on any atom is -0.481 e. The first-order valence-corrected chi connectivity index (χ1v) is 9.68. The second-order valence-corrected chi connectivity index (χ2v) is 6.95. The third-order valence-corrected chi connectivity index (χ3v) is 5.07. The molecule has 0 atom stereocenters. The van der Waals surface area contributed by atoms with Gasteiger partial charge in [-0.15, -0.1) is 0 Å². The van der Waals surface area contributed by atoms with Crippen LogP contribution in [-0.2, 0) is 17.8 Å². The normalized spacial score (nSPS) is 10.9. The van der Waals surface area contributed by atoms with Crippen molar-refractivity contribution in [3.8, 4) is 22.4 Å². The Kier molecular flexibility index (Phi) is 6.12. The lowest BCUT2D eigenvalue weighted by Gasteiger charge is -2.13. The third kappa shape index (κ3) is 4.13. The van der Waals surface area contributed by atoms with Crippen LogP contribution in [0.2, 0.25) is 0 Å². The molecule has 1 heterocycles. The summed E-state index contributed by atoms with van der Waals surface area (Å²) < 4.78 is 2.32. The van der Waals surface area contributed by atoms with E-state index in [0.717, 1.165) is 53.0 Å². The van der Waals surface area contributed by atoms with Gasteiger partial charge in [0.1, 0.15) is 0 Å². The molecule has 0 saturated carbocycles. The summed E-state index contributed by atoms with van der Waals surface area (Å²) in [5, 5.41) is 9.54. The molecule has 0 bridgehead atoms. The molecule has 1 aromatic heterocycles. The Morgan fingerprint density at radius 1 is 0.926 bits per heavy atom. The fraction of sp³-hybridized carbons (Fsp3) is 0.292. The number of hydrogen-bond donors (Lipinski definition) is 1. The Morgan fingerprint density at radius 2 is 1.52 bits per heavy atom. The van der Waals surface area contributed by atoms with Crippen LogP contribution in [0.25, 0.3) is 22.4 Å². The maximum Gasteiger partial charge on any atom is 0.307 e. The average molecular weight is 361 g/mol. The second kappa shape index (κ2) is 8.72. The fourth-order valence-corrected chi connectivity index (χ4v) is 3.77. The van der Waals surface area contributed by atoms with Crippen molar-refractivity contribution in [1.29, 1.82) is 0 Å². The molecule has 0 aliphatic carbocycles. The highest BCUT2D eigenvalue weighted by Gasteiger charge is 2.23. The number of benzene rings is 2. The molecule has 2 aromatic carbocycles. The molecule has 1 N–H and O–H groups in total. The highest BCUT2D eigenvalue weighted by atomic mass is 16.4. The monoisotopic (exact) mass is 361 g/mol. The lowest BCUT2D eigenvalue weighted by atomic mass is 9.95. The fourth-order valence-electron chi connectivity index (χ4n) is 3.77. The highest BCUT2D eigenvalue weighted by molar-refractivity contribution is 5.88. The van der Waals surface area contributed by atoms with E-state index in [1.165, 1.54) is 6.42 Å². The molecule has 27 heavy (non-hydrogen) atoms. The van der Waals surface area contributed by atoms with E-state index < -0.39 is 5.97 Å². The van der Waals surface area contributed by atoms with Crippen molar-refractivity contribution in [2.75, 3.05) is 0 Å². The minimum atomic E-state index is -0.791. The Balaban J connectivity index is 2.27. The van der Waals surface area contributed by atoms with Crippen LogP contribution in [0.5, 0.6) is 0 Å². The van der Waals surface area contributed by atoms with Gasteiger partial charge < -0.3 is 9.67 Å². The van der Waals surface area contributed by atoms with Crippen molar-refractivity contribution < 1.29 is 9.90 Å². The molecular weight excluding hydrogens is 334 g/mol. The van der Waals surface area contributed by atoms with E-state index >= 15 is 0 Å². The molecule has 0 fully saturated rings. The molecule has 0 radical (unpaired) electrons. The Bertz CT molecular complexity index is 895. The first-order chi connectivity index (χ1) is 13.1. The van der Waals surface area contributed by atoms with Crippen molar-refractivity contribution in [2.24, 2.45) is 0 Å². The van der Waals surface area contributed by atoms with E-state index in [1.807, 2.05) is 36.4 Å². The SMILES string of the molecule is CCCCCn1c(C)c(CC(=O)O)c(-c2ccccc2)c1-c1ccccc1. The van der Waals surface area contributed by atoms with Crippen LogP contribution in [0.1, 0.15) is 37.4 Å². The molecular formula is C24H27NO2. The molecule has 0 unspecified atom stereocenters. The highest BCUT2D eigenvalue weighted by Crippen LogP contribution is 2.39. The zero-order chi connectivity index (χ0) is 19.2. The van der Waals surface area contributed by atoms with Gasteiger partial charge in [0.15, 0.2) is 0 Å². The van der Waals surface area contributed by atoms with Gasteiger partial charge >= 0.3 is 5.97 Å². The average Bonchev–Trinajstić information content (AvgIpc) is 2.95. The summed E-state index contributed by atoms with van der Waals surface area (Å²) in [6, 6.07) is 20.5. The van der Waals surface area contributed by atoms with Gasteiger partial charge in [-0.1, -0.05) is 80.4 Å². The topological polar surface area (TPSA) is 42.2 Å². The lowest BCUT2D eigenvalue weighted by molar-refractivity contribution is -0.136. The third-order valence-electron chi connectivity index (χ3n) is 5.07. The van der Waals surface area contributed by atoms with Crippen LogP contribution in [0, 0.1) is 6.92 Å². The van der Waals surface area contributed by atoms with Gasteiger partial charge in [-0.05, 0) is 30.0 Å². The molecule has 0 saturated heterocycles. The number of rotatable bonds is 8. The van der Waals surface area contributed by atoms with Crippen molar-refractivity contribution in [2.45, 2.75) is 46.1 Å². The van der Waals surface area contributed by atoms with Gasteiger partial charge in [-0.25, -0.2) is 0 Å². The molecule has 0 amide bonds. The zero-order valence-corrected chi connectivity index (χ0v) is 16.1. The number of aliphatic carboxylic acids is 1. The molecule has 3 aromatic rings. The van der Waals surface area contributed by atoms with Gasteiger partial charge in [0.05, 0.1) is 12.1 Å². The summed E-state index contributed by atoms with van der Waals surface area (Å²) >= 11 is 0. The summed E-state index contributed by atoms with van der Waals surface area (Å²) in [4.78, 5) is 11.6. The summed E-state index contributed by atoms with van der Waals surface area (Å²) in [6.07, 6.45) is 3.46. The Hall–Kier alpha value is -2.81. The number of carboxylic acid groups (broad SMARTS) is 1. The molecule has 0 aliphatic rings. The molecule has 0 spiro atoms. The van der Waals surface area contributed by atoms with Gasteiger partial charge in [-0.2, -0.15) is 0 Å². The van der Waals surface area contributed by atoms with Crippen LogP contribution in [-0.4, -0.2) is 15.6 Å². The van der Waals surface area contributed by atoms with E-state index in [-0.39, 0.29) is 6.42 Å². The van der Waals surface area contributed by atoms with Gasteiger partial charge in [-0.3, -0.25) is 4.79 Å². The van der Waals surface area contributed by atoms with E-state index in [4.69, 9.17) is 0 Å². The number of unbranched alkanes of at least 4 members (excludes halogenated alkanes) is 2. The van der Waals surface area contributed by atoms with E-state index in [9.17, 15) is 9.90 Å². The predicted molar refractivity (Wildman–Crippen MR) is 111 cm³/mol. The largest absolute Gasteiger partial charge is 0.481 e. The smallest absolute Gasteiger partial charge is 0.307 e. The molecule has 0 aliphatic heterocycles. The van der Waals surface area contributed by atoms with Crippen molar-refractivity contribution in [3.63, 3.8) is 0 Å². The maximum absolute atomic E-state index is 11.6. The summed E-state index contributed by atoms with van der Waals surface area (Å²) in [5.74, 6) is -0.791. The molecule has 3 heteroatoms. The summed E-state index contributed by atoms with van der Waals surface area (Å²) in [7, 11) is 0. The standard InChI is InChI=1S/C24H27NO2/c1-3-4-11-16-25-18(2)21(17-22(26)27)23(19-12-7-5-8-13-19)24(25)20-14-9-6-10-15-20/h5-10,12-15H,3-4,11,16-17H2,1-2H3,(H,26,27). The molecule has 140 valence electrons. The van der Waals surface area contributed by atoms with Crippen LogP contribution in [0.3, 0.4) is 0 Å². The lowest BCUT2D eigenvalue weighted by Crippen LogP contribution is -2.05. The van der Waals surface area contributed by atoms with Crippen molar-refractivity contribution in [3.05, 3.63) is 71.9 Å². The molecule has 3 nitrogen and oxygen atoms in total. The minimum absolute atomic E-state index is 0.0384. The molecule has 3 rings (SSSR count). The van der Waals surface area contributed by atoms with E-state index in [2.05, 4.69) is 42.7 Å². The van der Waals surface area contributed by atoms with Crippen LogP contribution < -0.4 is 0 Å². The first-order valence-electron chi connectivity index (χ1n) is 9.68. The first kappa shape index (κ1) is 19.0. The summed E-state index contributed by atoms with van der Waals surface area (Å²) in [5.41, 5.74) is 6.37. The number of hydrogen-bond acceptors (Lipinski definition) is 1. The van der Waals surface area contributed by atoms with Gasteiger partial charge in [0.25, 0.3) is 0 Å². The quantitative estimate of drug-likeness (QED) is 0.504. The van der Waals surface area contributed by atoms with E-state index in [1.54, 1.807) is 0 Å². The Morgan fingerprint density at radius 3 is 2.07 bits per heavy atom. The van der Waals surface area contributed by atoms with Crippen LogP contribution in [0.4, 0.5) is 0 Å². The number of carbonyl (C=O) groups is 1. The van der Waals surface area contributed by atoms with Crippen LogP contribution in [0.15, 0.2) is 60.7 Å². The van der Waals surface area contributed by atoms with E-state index in [0.29, 0.717) is 0 Å².